The average molecular weight is 408 g/mol. The van der Waals surface area contributed by atoms with E-state index >= 15 is 0 Å². The lowest BCUT2D eigenvalue weighted by molar-refractivity contribution is 0.107. The van der Waals surface area contributed by atoms with Crippen LogP contribution in [0, 0.1) is 7.14 Å². The highest BCUT2D eigenvalue weighted by molar-refractivity contribution is 14.1. The van der Waals surface area contributed by atoms with E-state index in [4.69, 9.17) is 11.6 Å². The van der Waals surface area contributed by atoms with Gasteiger partial charge >= 0.3 is 0 Å². The standard InChI is InChI=1S/C7H3ClI2O2/c8-7(12)3-1-2-4(9)5(10)6(3)11/h1-2,11H. The third kappa shape index (κ3) is 2.02. The molecule has 0 heterocycles. The fourth-order valence-electron chi connectivity index (χ4n) is 0.699. The van der Waals surface area contributed by atoms with Crippen molar-refractivity contribution in [2.45, 2.75) is 0 Å². The Bertz CT molecular complexity index is 338. The molecule has 0 aromatic heterocycles. The van der Waals surface area contributed by atoms with E-state index in [-0.39, 0.29) is 11.3 Å². The van der Waals surface area contributed by atoms with E-state index in [1.165, 1.54) is 6.07 Å². The highest BCUT2D eigenvalue weighted by Gasteiger charge is 2.12. The number of halogens is 3. The quantitative estimate of drug-likeness (QED) is 0.573. The van der Waals surface area contributed by atoms with Gasteiger partial charge in [0.15, 0.2) is 0 Å². The van der Waals surface area contributed by atoms with Crippen LogP contribution >= 0.6 is 56.8 Å². The minimum Gasteiger partial charge on any atom is -0.506 e. The third-order valence-electron chi connectivity index (χ3n) is 1.28. The van der Waals surface area contributed by atoms with Gasteiger partial charge in [0.25, 0.3) is 5.24 Å². The van der Waals surface area contributed by atoms with Gasteiger partial charge in [0.2, 0.25) is 0 Å². The molecular formula is C7H3ClI2O2. The van der Waals surface area contributed by atoms with E-state index < -0.39 is 5.24 Å². The Morgan fingerprint density at radius 2 is 2.00 bits per heavy atom. The average Bonchev–Trinajstić information content (AvgIpc) is 2.00. The maximum Gasteiger partial charge on any atom is 0.256 e. The fraction of sp³-hybridized carbons (Fsp3) is 0. The molecule has 1 N–H and O–H groups in total. The first-order valence-electron chi connectivity index (χ1n) is 2.91. The number of rotatable bonds is 1. The molecule has 0 radical (unpaired) electrons. The molecule has 0 bridgehead atoms. The van der Waals surface area contributed by atoms with Crippen LogP contribution in [0.2, 0.25) is 0 Å². The zero-order chi connectivity index (χ0) is 9.30. The monoisotopic (exact) mass is 408 g/mol. The second-order valence-electron chi connectivity index (χ2n) is 2.03. The summed E-state index contributed by atoms with van der Waals surface area (Å²) in [5.41, 5.74) is 0.154. The highest BCUT2D eigenvalue weighted by Crippen LogP contribution is 2.29. The van der Waals surface area contributed by atoms with E-state index in [0.29, 0.717) is 3.57 Å². The number of hydrogen-bond donors (Lipinski definition) is 1. The zero-order valence-electron chi connectivity index (χ0n) is 5.64. The largest absolute Gasteiger partial charge is 0.506 e. The molecule has 2 nitrogen and oxygen atoms in total. The van der Waals surface area contributed by atoms with Gasteiger partial charge in [-0.15, -0.1) is 0 Å². The van der Waals surface area contributed by atoms with Crippen molar-refractivity contribution in [3.63, 3.8) is 0 Å². The van der Waals surface area contributed by atoms with Gasteiger partial charge in [-0.2, -0.15) is 0 Å². The number of phenolic OH excluding ortho intramolecular Hbond substituents is 1. The second kappa shape index (κ2) is 4.10. The van der Waals surface area contributed by atoms with Gasteiger partial charge in [0.1, 0.15) is 5.75 Å². The minimum absolute atomic E-state index is 0.0394. The third-order valence-corrected chi connectivity index (χ3v) is 4.51. The number of aromatic hydroxyl groups is 1. The zero-order valence-corrected chi connectivity index (χ0v) is 10.7. The van der Waals surface area contributed by atoms with Crippen LogP contribution in [0.15, 0.2) is 12.1 Å². The molecule has 0 saturated heterocycles. The Morgan fingerprint density at radius 3 is 2.50 bits per heavy atom. The lowest BCUT2D eigenvalue weighted by Crippen LogP contribution is -1.92. The molecule has 0 saturated carbocycles. The molecule has 0 aliphatic heterocycles. The van der Waals surface area contributed by atoms with Crippen LogP contribution in [-0.2, 0) is 0 Å². The smallest absolute Gasteiger partial charge is 0.256 e. The summed E-state index contributed by atoms with van der Waals surface area (Å²) in [5, 5.41) is 8.79. The minimum atomic E-state index is -0.637. The molecule has 0 amide bonds. The Labute approximate surface area is 102 Å². The molecule has 0 unspecified atom stereocenters. The maximum atomic E-state index is 10.7. The van der Waals surface area contributed by atoms with Gasteiger partial charge in [-0.25, -0.2) is 0 Å². The van der Waals surface area contributed by atoms with E-state index in [9.17, 15) is 9.90 Å². The predicted molar refractivity (Wildman–Crippen MR) is 63.7 cm³/mol. The first-order chi connectivity index (χ1) is 5.54. The van der Waals surface area contributed by atoms with E-state index in [1.54, 1.807) is 6.07 Å². The van der Waals surface area contributed by atoms with Crippen molar-refractivity contribution in [3.8, 4) is 5.75 Å². The molecule has 0 atom stereocenters. The normalized spacial score (nSPS) is 9.92. The lowest BCUT2D eigenvalue weighted by Gasteiger charge is -2.02. The van der Waals surface area contributed by atoms with Crippen molar-refractivity contribution in [1.82, 2.24) is 0 Å². The van der Waals surface area contributed by atoms with Gasteiger partial charge in [0, 0.05) is 3.57 Å². The summed E-state index contributed by atoms with van der Waals surface area (Å²) < 4.78 is 1.55. The molecule has 1 rings (SSSR count). The summed E-state index contributed by atoms with van der Waals surface area (Å²) in [4.78, 5) is 10.7. The summed E-state index contributed by atoms with van der Waals surface area (Å²) in [5.74, 6) is -0.0394. The van der Waals surface area contributed by atoms with Crippen LogP contribution in [0.1, 0.15) is 10.4 Å². The molecule has 1 aromatic carbocycles. The molecule has 0 fully saturated rings. The molecular weight excluding hydrogens is 405 g/mol. The summed E-state index contributed by atoms with van der Waals surface area (Å²) in [7, 11) is 0. The van der Waals surface area contributed by atoms with Gasteiger partial charge in [0.05, 0.1) is 9.13 Å². The summed E-state index contributed by atoms with van der Waals surface area (Å²) in [6, 6.07) is 3.24. The molecule has 12 heavy (non-hydrogen) atoms. The van der Waals surface area contributed by atoms with Gasteiger partial charge in [-0.3, -0.25) is 4.79 Å². The SMILES string of the molecule is O=C(Cl)c1ccc(I)c(I)c1O. The molecule has 1 aromatic rings. The fourth-order valence-corrected chi connectivity index (χ4v) is 1.76. The molecule has 0 spiro atoms. The molecule has 0 aliphatic rings. The van der Waals surface area contributed by atoms with Crippen LogP contribution in [0.3, 0.4) is 0 Å². The van der Waals surface area contributed by atoms with E-state index in [2.05, 4.69) is 22.6 Å². The van der Waals surface area contributed by atoms with Gasteiger partial charge < -0.3 is 5.11 Å². The van der Waals surface area contributed by atoms with Crippen LogP contribution in [0.4, 0.5) is 0 Å². The summed E-state index contributed by atoms with van der Waals surface area (Å²) in [6.45, 7) is 0. The van der Waals surface area contributed by atoms with Crippen LogP contribution in [0.5, 0.6) is 5.75 Å². The van der Waals surface area contributed by atoms with Gasteiger partial charge in [-0.05, 0) is 68.9 Å². The lowest BCUT2D eigenvalue weighted by atomic mass is 10.2. The van der Waals surface area contributed by atoms with Crippen molar-refractivity contribution in [2.24, 2.45) is 0 Å². The summed E-state index contributed by atoms with van der Waals surface area (Å²) in [6.07, 6.45) is 0. The van der Waals surface area contributed by atoms with E-state index in [1.807, 2.05) is 22.6 Å². The highest BCUT2D eigenvalue weighted by atomic mass is 127. The Hall–Kier alpha value is 0.440. The van der Waals surface area contributed by atoms with E-state index in [0.717, 1.165) is 3.57 Å². The second-order valence-corrected chi connectivity index (χ2v) is 4.62. The Balaban J connectivity index is 3.36. The number of carbonyl (C=O) groups is 1. The predicted octanol–water partition coefficient (Wildman–Crippen LogP) is 2.98. The maximum absolute atomic E-state index is 10.7. The topological polar surface area (TPSA) is 37.3 Å². The van der Waals surface area contributed by atoms with Crippen molar-refractivity contribution in [3.05, 3.63) is 24.8 Å². The number of hydrogen-bond acceptors (Lipinski definition) is 2. The number of carbonyl (C=O) groups excluding carboxylic acids is 1. The van der Waals surface area contributed by atoms with Crippen LogP contribution in [-0.4, -0.2) is 10.3 Å². The Morgan fingerprint density at radius 1 is 1.42 bits per heavy atom. The van der Waals surface area contributed by atoms with Gasteiger partial charge in [-0.1, -0.05) is 0 Å². The number of phenols is 1. The van der Waals surface area contributed by atoms with Crippen molar-refractivity contribution >= 4 is 62.0 Å². The Kier molecular flexibility index (Phi) is 3.59. The van der Waals surface area contributed by atoms with Crippen molar-refractivity contribution in [1.29, 1.82) is 0 Å². The molecule has 0 aliphatic carbocycles. The molecule has 5 heteroatoms. The van der Waals surface area contributed by atoms with Crippen molar-refractivity contribution in [2.75, 3.05) is 0 Å². The van der Waals surface area contributed by atoms with Crippen molar-refractivity contribution < 1.29 is 9.90 Å². The molecule has 64 valence electrons. The first-order valence-corrected chi connectivity index (χ1v) is 5.44. The van der Waals surface area contributed by atoms with Crippen LogP contribution in [0.25, 0.3) is 0 Å². The summed E-state index contributed by atoms with van der Waals surface area (Å²) >= 11 is 9.26. The number of benzene rings is 1. The van der Waals surface area contributed by atoms with Crippen LogP contribution < -0.4 is 0 Å². The first kappa shape index (κ1) is 10.5.